The molecule has 0 saturated carbocycles. The summed E-state index contributed by atoms with van der Waals surface area (Å²) < 4.78 is 26.3. The van der Waals surface area contributed by atoms with Gasteiger partial charge in [0.2, 0.25) is 0 Å². The predicted molar refractivity (Wildman–Crippen MR) is 256 cm³/mol. The quantitative estimate of drug-likeness (QED) is 0.0962. The first kappa shape index (κ1) is 42.7. The largest absolute Gasteiger partial charge is 0.493 e. The zero-order chi connectivity index (χ0) is 44.5. The Morgan fingerprint density at radius 3 is 1.09 bits per heavy atom. The predicted octanol–water partition coefficient (Wildman–Crippen LogP) is 12.6. The van der Waals surface area contributed by atoms with Crippen LogP contribution in [0.4, 0.5) is 0 Å². The van der Waals surface area contributed by atoms with Gasteiger partial charge in [0, 0.05) is 21.9 Å². The smallest absolute Gasteiger partial charge is 0.168 e. The van der Waals surface area contributed by atoms with Gasteiger partial charge in [0.25, 0.3) is 0 Å². The van der Waals surface area contributed by atoms with E-state index < -0.39 is 0 Å². The molecule has 4 atom stereocenters. The van der Waals surface area contributed by atoms with E-state index in [2.05, 4.69) is 65.4 Å². The first-order valence-electron chi connectivity index (χ1n) is 23.0. The van der Waals surface area contributed by atoms with Crippen molar-refractivity contribution in [1.29, 1.82) is 0 Å². The maximum atomic E-state index is 6.57. The molecule has 0 aliphatic carbocycles. The van der Waals surface area contributed by atoms with Crippen molar-refractivity contribution in [1.82, 2.24) is 39.9 Å². The van der Waals surface area contributed by atoms with Crippen LogP contribution in [-0.4, -0.2) is 66.3 Å². The molecule has 5 heterocycles. The summed E-state index contributed by atoms with van der Waals surface area (Å²) in [5.74, 6) is 6.12. The molecule has 0 saturated heterocycles. The van der Waals surface area contributed by atoms with Crippen molar-refractivity contribution in [3.63, 3.8) is 0 Å². The summed E-state index contributed by atoms with van der Waals surface area (Å²) in [5, 5.41) is 3.26. The third-order valence-corrected chi connectivity index (χ3v) is 12.7. The zero-order valence-electron chi connectivity index (χ0n) is 38.2. The number of H-pyrrole nitrogens is 2. The Balaban J connectivity index is 1.40. The second kappa shape index (κ2) is 18.3. The Hall–Kier alpha value is -6.56. The van der Waals surface area contributed by atoms with Crippen LogP contribution < -0.4 is 18.9 Å². The molecule has 8 bridgehead atoms. The standard InChI is InChI=1S/C52H58N8O4/c1-9-29(5)25-61-37-21-13-17-33-41(37)49-53-45(33)58-50-43-35(19-15-23-39(43)63-27-31(7)11-3)47(55-50)60-52-44-36(20-16-24-40(44)64-28-32(8)12-4)48(56-52)59-51-42-34(46(54-51)57-49)18-14-22-38(42)62-26-30(6)10-2/h13-24,29-32H,9-12,25-28H2,1-8H3,(H2,53,54,55,56,57,58,59,60). The van der Waals surface area contributed by atoms with E-state index in [1.165, 1.54) is 0 Å². The molecule has 0 fully saturated rings. The molecule has 330 valence electrons. The summed E-state index contributed by atoms with van der Waals surface area (Å²) in [6.07, 6.45) is 3.97. The molecule has 64 heavy (non-hydrogen) atoms. The van der Waals surface area contributed by atoms with Gasteiger partial charge in [0.15, 0.2) is 23.3 Å². The van der Waals surface area contributed by atoms with Gasteiger partial charge in [-0.3, -0.25) is 0 Å². The monoisotopic (exact) mass is 858 g/mol. The highest BCUT2D eigenvalue weighted by molar-refractivity contribution is 6.10. The molecule has 4 unspecified atom stereocenters. The number of aromatic nitrogens is 8. The number of rotatable bonds is 16. The molecular formula is C52H58N8O4. The molecule has 3 aromatic heterocycles. The van der Waals surface area contributed by atoms with Crippen LogP contribution in [0.2, 0.25) is 0 Å². The number of hydrogen-bond acceptors (Lipinski definition) is 10. The lowest BCUT2D eigenvalue weighted by Gasteiger charge is -2.13. The third kappa shape index (κ3) is 8.21. The molecule has 7 aromatic rings. The Morgan fingerprint density at radius 2 is 0.719 bits per heavy atom. The van der Waals surface area contributed by atoms with Crippen LogP contribution in [-0.2, 0) is 0 Å². The lowest BCUT2D eigenvalue weighted by atomic mass is 10.1. The lowest BCUT2D eigenvalue weighted by molar-refractivity contribution is 0.257. The molecular weight excluding hydrogens is 801 g/mol. The van der Waals surface area contributed by atoms with E-state index in [0.717, 1.165) is 69.5 Å². The molecule has 2 N–H and O–H groups in total. The van der Waals surface area contributed by atoms with E-state index in [1.54, 1.807) is 0 Å². The summed E-state index contributed by atoms with van der Waals surface area (Å²) in [4.78, 5) is 39.0. The number of hydrogen-bond donors (Lipinski definition) is 2. The van der Waals surface area contributed by atoms with Crippen LogP contribution in [0.15, 0.2) is 72.8 Å². The van der Waals surface area contributed by atoms with Crippen molar-refractivity contribution in [3.8, 4) is 68.5 Å². The first-order valence-corrected chi connectivity index (χ1v) is 23.0. The van der Waals surface area contributed by atoms with E-state index in [-0.39, 0.29) is 0 Å². The summed E-state index contributed by atoms with van der Waals surface area (Å²) in [5.41, 5.74) is 5.41. The molecule has 0 radical (unpaired) electrons. The summed E-state index contributed by atoms with van der Waals surface area (Å²) in [7, 11) is 0. The average Bonchev–Trinajstić information content (AvgIpc) is 4.07. The SMILES string of the molecule is CCC(C)COc1cccc2c1-c1nc-2nc2[nH]c(nc3nc(nc4[nH]c(n1)c1cccc(OCC(C)CC)c41)-c1cccc(OCC(C)CC)c1-3)c1cccc(OCC(C)CC)c21. The highest BCUT2D eigenvalue weighted by Gasteiger charge is 2.28. The zero-order valence-corrected chi connectivity index (χ0v) is 38.2. The van der Waals surface area contributed by atoms with E-state index in [9.17, 15) is 0 Å². The molecule has 0 spiro atoms. The van der Waals surface area contributed by atoms with E-state index >= 15 is 0 Å². The minimum absolute atomic E-state index is 0.354. The Morgan fingerprint density at radius 1 is 0.391 bits per heavy atom. The fraction of sp³-hybridized carbons (Fsp3) is 0.385. The van der Waals surface area contributed by atoms with Gasteiger partial charge in [-0.2, -0.15) is 0 Å². The molecule has 2 aliphatic rings. The number of aromatic amines is 2. The van der Waals surface area contributed by atoms with E-state index in [1.807, 2.05) is 72.8 Å². The number of nitrogens with zero attached hydrogens (tertiary/aromatic N) is 6. The molecule has 2 aliphatic heterocycles. The highest BCUT2D eigenvalue weighted by Crippen LogP contribution is 2.44. The summed E-state index contributed by atoms with van der Waals surface area (Å²) >= 11 is 0. The molecule has 4 aromatic carbocycles. The summed E-state index contributed by atoms with van der Waals surface area (Å²) in [6, 6.07) is 24.0. The van der Waals surface area contributed by atoms with Gasteiger partial charge in [-0.05, 0) is 47.9 Å². The van der Waals surface area contributed by atoms with Gasteiger partial charge in [-0.1, -0.05) is 130 Å². The van der Waals surface area contributed by atoms with E-state index in [0.29, 0.717) is 119 Å². The van der Waals surface area contributed by atoms with Gasteiger partial charge in [-0.15, -0.1) is 0 Å². The van der Waals surface area contributed by atoms with Gasteiger partial charge < -0.3 is 28.9 Å². The second-order valence-electron chi connectivity index (χ2n) is 17.6. The van der Waals surface area contributed by atoms with Crippen molar-refractivity contribution < 1.29 is 18.9 Å². The van der Waals surface area contributed by atoms with Crippen molar-refractivity contribution in [2.24, 2.45) is 23.7 Å². The topological polar surface area (TPSA) is 146 Å². The summed E-state index contributed by atoms with van der Waals surface area (Å²) in [6.45, 7) is 19.6. The van der Waals surface area contributed by atoms with Crippen molar-refractivity contribution in [3.05, 3.63) is 72.8 Å². The van der Waals surface area contributed by atoms with Gasteiger partial charge >= 0.3 is 0 Å². The van der Waals surface area contributed by atoms with Crippen LogP contribution >= 0.6 is 0 Å². The number of benzene rings is 4. The van der Waals surface area contributed by atoms with Gasteiger partial charge in [0.1, 0.15) is 45.6 Å². The maximum absolute atomic E-state index is 6.57. The molecule has 9 rings (SSSR count). The minimum atomic E-state index is 0.354. The maximum Gasteiger partial charge on any atom is 0.168 e. The van der Waals surface area contributed by atoms with Crippen LogP contribution in [0.5, 0.6) is 23.0 Å². The Bertz CT molecular complexity index is 2810. The second-order valence-corrected chi connectivity index (χ2v) is 17.6. The number of fused-ring (bicyclic) bond motifs is 20. The van der Waals surface area contributed by atoms with Crippen molar-refractivity contribution >= 4 is 44.1 Å². The van der Waals surface area contributed by atoms with Crippen molar-refractivity contribution in [2.75, 3.05) is 26.4 Å². The highest BCUT2D eigenvalue weighted by atomic mass is 16.5. The van der Waals surface area contributed by atoms with Gasteiger partial charge in [0.05, 0.1) is 48.3 Å². The van der Waals surface area contributed by atoms with Crippen molar-refractivity contribution in [2.45, 2.75) is 81.1 Å². The molecule has 12 heteroatoms. The molecule has 0 amide bonds. The van der Waals surface area contributed by atoms with Crippen LogP contribution in [0, 0.1) is 23.7 Å². The third-order valence-electron chi connectivity index (χ3n) is 12.7. The van der Waals surface area contributed by atoms with E-state index in [4.69, 9.17) is 48.9 Å². The first-order chi connectivity index (χ1) is 31.2. The Kier molecular flexibility index (Phi) is 12.2. The van der Waals surface area contributed by atoms with Crippen LogP contribution in [0.1, 0.15) is 81.1 Å². The number of ether oxygens (including phenoxy) is 4. The van der Waals surface area contributed by atoms with Gasteiger partial charge in [-0.25, -0.2) is 29.9 Å². The molecule has 12 nitrogen and oxygen atoms in total. The number of nitrogens with one attached hydrogen (secondary N) is 2. The normalized spacial score (nSPS) is 13.9. The lowest BCUT2D eigenvalue weighted by Crippen LogP contribution is -2.08. The van der Waals surface area contributed by atoms with Crippen LogP contribution in [0.3, 0.4) is 0 Å². The Labute approximate surface area is 374 Å². The van der Waals surface area contributed by atoms with Crippen LogP contribution in [0.25, 0.3) is 89.7 Å². The fourth-order valence-electron chi connectivity index (χ4n) is 7.74. The minimum Gasteiger partial charge on any atom is -0.493 e. The average molecular weight is 859 g/mol. The fourth-order valence-corrected chi connectivity index (χ4v) is 7.74.